The fraction of sp³-hybridized carbons (Fsp3) is 0.917. The van der Waals surface area contributed by atoms with Gasteiger partial charge < -0.3 is 10.6 Å². The summed E-state index contributed by atoms with van der Waals surface area (Å²) in [6.07, 6.45) is 3.52. The van der Waals surface area contributed by atoms with Crippen molar-refractivity contribution in [3.05, 3.63) is 0 Å². The summed E-state index contributed by atoms with van der Waals surface area (Å²) in [6, 6.07) is 0. The Hall–Kier alpha value is -0.660. The van der Waals surface area contributed by atoms with E-state index in [1.807, 2.05) is 0 Å². The molecule has 112 valence electrons. The van der Waals surface area contributed by atoms with Gasteiger partial charge in [-0.2, -0.15) is 0 Å². The second kappa shape index (κ2) is 7.81. The lowest BCUT2D eigenvalue weighted by Gasteiger charge is -2.29. The molecule has 1 aliphatic heterocycles. The highest BCUT2D eigenvalue weighted by Crippen LogP contribution is 2.18. The zero-order chi connectivity index (χ0) is 14.3. The number of hydrogen-bond donors (Lipinski definition) is 2. The van der Waals surface area contributed by atoms with Gasteiger partial charge in [0, 0.05) is 32.1 Å². The molecule has 1 saturated heterocycles. The molecule has 0 aromatic heterocycles. The summed E-state index contributed by atoms with van der Waals surface area (Å²) >= 11 is 0. The minimum atomic E-state index is -3.11. The van der Waals surface area contributed by atoms with Gasteiger partial charge in [-0.3, -0.25) is 4.79 Å². The molecule has 6 nitrogen and oxygen atoms in total. The molecule has 0 atom stereocenters. The number of nitrogens with one attached hydrogen (secondary N) is 2. The number of amides is 1. The molecule has 2 N–H and O–H groups in total. The molecule has 0 spiro atoms. The van der Waals surface area contributed by atoms with E-state index in [0.29, 0.717) is 32.5 Å². The Morgan fingerprint density at radius 1 is 1.21 bits per heavy atom. The van der Waals surface area contributed by atoms with E-state index in [-0.39, 0.29) is 11.8 Å². The van der Waals surface area contributed by atoms with Gasteiger partial charge in [0.25, 0.3) is 0 Å². The second-order valence-corrected chi connectivity index (χ2v) is 6.96. The molecule has 0 aromatic rings. The summed E-state index contributed by atoms with van der Waals surface area (Å²) < 4.78 is 24.1. The maximum absolute atomic E-state index is 11.9. The van der Waals surface area contributed by atoms with Crippen LogP contribution in [0.3, 0.4) is 0 Å². The van der Waals surface area contributed by atoms with Crippen LogP contribution in [0.2, 0.25) is 0 Å². The third kappa shape index (κ3) is 5.88. The van der Waals surface area contributed by atoms with Crippen LogP contribution in [-0.2, 0) is 14.8 Å². The fourth-order valence-corrected chi connectivity index (χ4v) is 3.04. The van der Waals surface area contributed by atoms with E-state index < -0.39 is 10.0 Å². The first-order chi connectivity index (χ1) is 8.95. The van der Waals surface area contributed by atoms with Crippen molar-refractivity contribution < 1.29 is 13.2 Å². The Morgan fingerprint density at radius 2 is 1.84 bits per heavy atom. The van der Waals surface area contributed by atoms with Gasteiger partial charge in [-0.25, -0.2) is 12.7 Å². The van der Waals surface area contributed by atoms with Crippen molar-refractivity contribution in [2.45, 2.75) is 26.2 Å². The number of carbonyl (C=O) groups excluding carboxylic acids is 1. The minimum Gasteiger partial charge on any atom is -0.355 e. The molecule has 0 radical (unpaired) electrons. The fourth-order valence-electron chi connectivity index (χ4n) is 2.17. The lowest BCUT2D eigenvalue weighted by Crippen LogP contribution is -2.43. The maximum atomic E-state index is 11.9. The molecule has 1 aliphatic rings. The SMILES string of the molecule is CCCNCCNC(=O)C1CCN(S(C)(=O)=O)CC1. The van der Waals surface area contributed by atoms with Crippen LogP contribution in [0.15, 0.2) is 0 Å². The molecule has 19 heavy (non-hydrogen) atoms. The number of carbonyl (C=O) groups is 1. The summed E-state index contributed by atoms with van der Waals surface area (Å²) in [5, 5.41) is 6.11. The summed E-state index contributed by atoms with van der Waals surface area (Å²) in [6.45, 7) is 5.37. The lowest BCUT2D eigenvalue weighted by atomic mass is 9.97. The Kier molecular flexibility index (Phi) is 6.74. The zero-order valence-corrected chi connectivity index (χ0v) is 12.6. The van der Waals surface area contributed by atoms with Gasteiger partial charge in [-0.15, -0.1) is 0 Å². The predicted molar refractivity (Wildman–Crippen MR) is 75.3 cm³/mol. The van der Waals surface area contributed by atoms with Crippen molar-refractivity contribution >= 4 is 15.9 Å². The smallest absolute Gasteiger partial charge is 0.223 e. The third-order valence-corrected chi connectivity index (χ3v) is 4.62. The molecule has 0 bridgehead atoms. The van der Waals surface area contributed by atoms with Crippen LogP contribution in [0, 0.1) is 5.92 Å². The van der Waals surface area contributed by atoms with Crippen molar-refractivity contribution in [3.8, 4) is 0 Å². The summed E-state index contributed by atoms with van der Waals surface area (Å²) in [7, 11) is -3.11. The van der Waals surface area contributed by atoms with Crippen molar-refractivity contribution in [1.82, 2.24) is 14.9 Å². The van der Waals surface area contributed by atoms with Crippen LogP contribution < -0.4 is 10.6 Å². The van der Waals surface area contributed by atoms with Crippen molar-refractivity contribution in [2.75, 3.05) is 39.0 Å². The van der Waals surface area contributed by atoms with Gasteiger partial charge in [-0.1, -0.05) is 6.92 Å². The number of piperidine rings is 1. The highest BCUT2D eigenvalue weighted by Gasteiger charge is 2.28. The minimum absolute atomic E-state index is 0.0476. The van der Waals surface area contributed by atoms with E-state index in [1.54, 1.807) is 0 Å². The molecule has 7 heteroatoms. The predicted octanol–water partition coefficient (Wildman–Crippen LogP) is -0.226. The van der Waals surface area contributed by atoms with E-state index in [0.717, 1.165) is 19.5 Å². The number of nitrogens with zero attached hydrogens (tertiary/aromatic N) is 1. The van der Waals surface area contributed by atoms with E-state index in [1.165, 1.54) is 10.6 Å². The van der Waals surface area contributed by atoms with Gasteiger partial charge in [0.05, 0.1) is 6.26 Å². The molecule has 1 rings (SSSR count). The Morgan fingerprint density at radius 3 is 2.37 bits per heavy atom. The maximum Gasteiger partial charge on any atom is 0.223 e. The van der Waals surface area contributed by atoms with Crippen LogP contribution in [0.5, 0.6) is 0 Å². The molecule has 1 heterocycles. The lowest BCUT2D eigenvalue weighted by molar-refractivity contribution is -0.126. The molecule has 0 aliphatic carbocycles. The molecule has 0 aromatic carbocycles. The monoisotopic (exact) mass is 291 g/mol. The molecular weight excluding hydrogens is 266 g/mol. The van der Waals surface area contributed by atoms with E-state index >= 15 is 0 Å². The van der Waals surface area contributed by atoms with Crippen LogP contribution in [0.4, 0.5) is 0 Å². The van der Waals surface area contributed by atoms with Gasteiger partial charge in [0.2, 0.25) is 15.9 Å². The van der Waals surface area contributed by atoms with Crippen molar-refractivity contribution in [3.63, 3.8) is 0 Å². The average Bonchev–Trinajstić information content (AvgIpc) is 2.37. The first-order valence-corrected chi connectivity index (χ1v) is 8.73. The van der Waals surface area contributed by atoms with Gasteiger partial charge >= 0.3 is 0 Å². The largest absolute Gasteiger partial charge is 0.355 e. The Balaban J connectivity index is 2.22. The highest BCUT2D eigenvalue weighted by atomic mass is 32.2. The number of rotatable bonds is 7. The second-order valence-electron chi connectivity index (χ2n) is 4.98. The van der Waals surface area contributed by atoms with Gasteiger partial charge in [-0.05, 0) is 25.8 Å². The third-order valence-electron chi connectivity index (χ3n) is 3.32. The van der Waals surface area contributed by atoms with E-state index in [2.05, 4.69) is 17.6 Å². The first-order valence-electron chi connectivity index (χ1n) is 6.88. The molecule has 0 unspecified atom stereocenters. The molecule has 1 amide bonds. The zero-order valence-electron chi connectivity index (χ0n) is 11.8. The highest BCUT2D eigenvalue weighted by molar-refractivity contribution is 7.88. The van der Waals surface area contributed by atoms with E-state index in [4.69, 9.17) is 0 Å². The quantitative estimate of drug-likeness (QED) is 0.635. The summed E-state index contributed by atoms with van der Waals surface area (Å²) in [5.74, 6) is -0.00405. The van der Waals surface area contributed by atoms with Gasteiger partial charge in [0.1, 0.15) is 0 Å². The van der Waals surface area contributed by atoms with Gasteiger partial charge in [0.15, 0.2) is 0 Å². The summed E-state index contributed by atoms with van der Waals surface area (Å²) in [5.41, 5.74) is 0. The topological polar surface area (TPSA) is 78.5 Å². The van der Waals surface area contributed by atoms with Crippen LogP contribution in [0.1, 0.15) is 26.2 Å². The Bertz CT molecular complexity index is 376. The van der Waals surface area contributed by atoms with Crippen LogP contribution in [0.25, 0.3) is 0 Å². The Labute approximate surface area is 116 Å². The first kappa shape index (κ1) is 16.4. The van der Waals surface area contributed by atoms with Crippen molar-refractivity contribution in [2.24, 2.45) is 5.92 Å². The number of hydrogen-bond acceptors (Lipinski definition) is 4. The summed E-state index contributed by atoms with van der Waals surface area (Å²) in [4.78, 5) is 11.9. The van der Waals surface area contributed by atoms with Crippen molar-refractivity contribution in [1.29, 1.82) is 0 Å². The standard InChI is InChI=1S/C12H25N3O3S/c1-3-6-13-7-8-14-12(16)11-4-9-15(10-5-11)19(2,17)18/h11,13H,3-10H2,1-2H3,(H,14,16). The van der Waals surface area contributed by atoms with E-state index in [9.17, 15) is 13.2 Å². The average molecular weight is 291 g/mol. The molecule has 1 fully saturated rings. The molecular formula is C12H25N3O3S. The van der Waals surface area contributed by atoms with Crippen LogP contribution >= 0.6 is 0 Å². The normalized spacial score (nSPS) is 18.4. The van der Waals surface area contributed by atoms with Crippen LogP contribution in [-0.4, -0.2) is 57.6 Å². The molecule has 0 saturated carbocycles. The number of sulfonamides is 1.